The number of likely N-dealkylation sites (tertiary alicyclic amines) is 1. The largest absolute Gasteiger partial charge is 0.391 e. The van der Waals surface area contributed by atoms with Crippen LogP contribution in [-0.2, 0) is 35.0 Å². The molecule has 4 N–H and O–H groups in total. The van der Waals surface area contributed by atoms with Gasteiger partial charge in [0.2, 0.25) is 17.7 Å². The standard InChI is InChI=1S/C45H77N5O7/c1-7-8-19-38(47-40(29-35-17-13-10-14-18-35)44(54)49-22-20-36(21-23-49)57-32-55-6)43(53)48-39(28-34-15-11-9-12-16-34)41(51)30-37(33(2)3)42(52)46-31-45(4,5)50-24-26-56-27-25-50/h10,13-14,17-18,33-34,36-41,47,51H,7-9,11-12,15-16,19-32H2,1-6H3,(H,46,52)(H,48,53)/t37?,38-,39?,40?,41?/m0/s1. The lowest BCUT2D eigenvalue weighted by Crippen LogP contribution is -2.58. The summed E-state index contributed by atoms with van der Waals surface area (Å²) in [6.45, 7) is 15.4. The highest BCUT2D eigenvalue weighted by Crippen LogP contribution is 2.30. The van der Waals surface area contributed by atoms with Gasteiger partial charge in [-0.2, -0.15) is 0 Å². The highest BCUT2D eigenvalue weighted by molar-refractivity contribution is 5.86. The van der Waals surface area contributed by atoms with Crippen molar-refractivity contribution in [2.45, 2.75) is 154 Å². The molecule has 0 spiro atoms. The Morgan fingerprint density at radius 3 is 2.26 bits per heavy atom. The van der Waals surface area contributed by atoms with Crippen LogP contribution in [0.2, 0.25) is 0 Å². The third kappa shape index (κ3) is 15.5. The number of hydrogen-bond donors (Lipinski definition) is 4. The number of carbonyl (C=O) groups is 3. The minimum absolute atomic E-state index is 0.00230. The zero-order chi connectivity index (χ0) is 41.2. The molecule has 2 aliphatic heterocycles. The number of hydrogen-bond acceptors (Lipinski definition) is 9. The van der Waals surface area contributed by atoms with E-state index >= 15 is 0 Å². The number of unbranched alkanes of at least 4 members (excludes halogenated alkanes) is 1. The number of nitrogens with zero attached hydrogens (tertiary/aromatic N) is 2. The molecule has 0 bridgehead atoms. The molecule has 12 heteroatoms. The van der Waals surface area contributed by atoms with Crippen molar-refractivity contribution in [2.75, 3.05) is 59.8 Å². The molecule has 2 heterocycles. The molecule has 1 aromatic carbocycles. The van der Waals surface area contributed by atoms with Crippen LogP contribution in [0.3, 0.4) is 0 Å². The number of piperidine rings is 1. The Bertz CT molecular complexity index is 1310. The molecule has 3 fully saturated rings. The van der Waals surface area contributed by atoms with Crippen LogP contribution in [0.25, 0.3) is 0 Å². The summed E-state index contributed by atoms with van der Waals surface area (Å²) in [5.41, 5.74) is 0.792. The third-order valence-corrected chi connectivity index (χ3v) is 12.6. The Morgan fingerprint density at radius 1 is 0.947 bits per heavy atom. The molecule has 1 saturated carbocycles. The Labute approximate surface area is 343 Å². The molecule has 3 amide bonds. The number of carbonyl (C=O) groups excluding carboxylic acids is 3. The fourth-order valence-corrected chi connectivity index (χ4v) is 8.83. The molecule has 2 saturated heterocycles. The molecule has 4 unspecified atom stereocenters. The second kappa shape index (κ2) is 24.5. The van der Waals surface area contributed by atoms with E-state index in [9.17, 15) is 19.5 Å². The van der Waals surface area contributed by atoms with E-state index in [-0.39, 0.29) is 48.5 Å². The Hall–Kier alpha value is -2.61. The van der Waals surface area contributed by atoms with Gasteiger partial charge in [-0.3, -0.25) is 24.6 Å². The summed E-state index contributed by atoms with van der Waals surface area (Å²) >= 11 is 0. The van der Waals surface area contributed by atoms with E-state index in [1.807, 2.05) is 49.1 Å². The summed E-state index contributed by atoms with van der Waals surface area (Å²) < 4.78 is 16.4. The van der Waals surface area contributed by atoms with Crippen LogP contribution in [-0.4, -0.2) is 128 Å². The quantitative estimate of drug-likeness (QED) is 0.112. The number of methoxy groups -OCH3 is 1. The summed E-state index contributed by atoms with van der Waals surface area (Å²) in [7, 11) is 1.61. The zero-order valence-electron chi connectivity index (χ0n) is 36.1. The van der Waals surface area contributed by atoms with Gasteiger partial charge in [-0.15, -0.1) is 0 Å². The van der Waals surface area contributed by atoms with Gasteiger partial charge in [0.25, 0.3) is 0 Å². The van der Waals surface area contributed by atoms with Gasteiger partial charge >= 0.3 is 0 Å². The van der Waals surface area contributed by atoms with Gasteiger partial charge in [-0.05, 0) is 69.8 Å². The first-order chi connectivity index (χ1) is 27.4. The Kier molecular flexibility index (Phi) is 20.2. The molecule has 0 radical (unpaired) electrons. The minimum Gasteiger partial charge on any atom is -0.391 e. The average molecular weight is 800 g/mol. The second-order valence-corrected chi connectivity index (χ2v) is 17.8. The van der Waals surface area contributed by atoms with Gasteiger partial charge in [-0.1, -0.05) is 96.0 Å². The lowest BCUT2D eigenvalue weighted by atomic mass is 9.81. The summed E-state index contributed by atoms with van der Waals surface area (Å²) in [5.74, 6) is -0.301. The van der Waals surface area contributed by atoms with Crippen molar-refractivity contribution in [3.05, 3.63) is 35.9 Å². The van der Waals surface area contributed by atoms with Gasteiger partial charge < -0.3 is 34.9 Å². The zero-order valence-corrected chi connectivity index (χ0v) is 36.1. The van der Waals surface area contributed by atoms with Crippen molar-refractivity contribution >= 4 is 17.7 Å². The Morgan fingerprint density at radius 2 is 1.63 bits per heavy atom. The van der Waals surface area contributed by atoms with Crippen LogP contribution in [0.15, 0.2) is 30.3 Å². The van der Waals surface area contributed by atoms with Gasteiger partial charge in [-0.25, -0.2) is 0 Å². The van der Waals surface area contributed by atoms with Crippen molar-refractivity contribution in [1.82, 2.24) is 25.8 Å². The van der Waals surface area contributed by atoms with E-state index in [0.717, 1.165) is 70.0 Å². The second-order valence-electron chi connectivity index (χ2n) is 17.8. The van der Waals surface area contributed by atoms with E-state index in [1.165, 1.54) is 6.42 Å². The fourth-order valence-electron chi connectivity index (χ4n) is 8.83. The predicted octanol–water partition coefficient (Wildman–Crippen LogP) is 5.06. The van der Waals surface area contributed by atoms with Gasteiger partial charge in [0.05, 0.1) is 43.5 Å². The van der Waals surface area contributed by atoms with Gasteiger partial charge in [0, 0.05) is 51.3 Å². The smallest absolute Gasteiger partial charge is 0.240 e. The van der Waals surface area contributed by atoms with Crippen molar-refractivity contribution in [1.29, 1.82) is 0 Å². The van der Waals surface area contributed by atoms with Crippen LogP contribution >= 0.6 is 0 Å². The minimum atomic E-state index is -0.906. The number of rotatable bonds is 23. The normalized spacial score (nSPS) is 20.5. The lowest BCUT2D eigenvalue weighted by Gasteiger charge is -2.41. The van der Waals surface area contributed by atoms with Crippen LogP contribution in [0, 0.1) is 17.8 Å². The topological polar surface area (TPSA) is 142 Å². The lowest BCUT2D eigenvalue weighted by molar-refractivity contribution is -0.139. The number of aliphatic hydroxyl groups excluding tert-OH is 1. The molecule has 57 heavy (non-hydrogen) atoms. The van der Waals surface area contributed by atoms with Gasteiger partial charge in [0.1, 0.15) is 6.79 Å². The molecule has 4 rings (SSSR count). The number of ether oxygens (including phenoxy) is 3. The molecule has 0 aromatic heterocycles. The molecular formula is C45H77N5O7. The van der Waals surface area contributed by atoms with Crippen molar-refractivity contribution in [2.24, 2.45) is 17.8 Å². The summed E-state index contributed by atoms with van der Waals surface area (Å²) in [4.78, 5) is 46.9. The number of aliphatic hydroxyl groups is 1. The summed E-state index contributed by atoms with van der Waals surface area (Å²) in [5, 5.41) is 22.1. The first-order valence-electron chi connectivity index (χ1n) is 22.2. The molecule has 324 valence electrons. The number of benzene rings is 1. The molecule has 5 atom stereocenters. The van der Waals surface area contributed by atoms with E-state index in [0.29, 0.717) is 58.0 Å². The third-order valence-electron chi connectivity index (χ3n) is 12.6. The first-order valence-corrected chi connectivity index (χ1v) is 22.2. The van der Waals surface area contributed by atoms with Crippen molar-refractivity contribution < 1.29 is 33.7 Å². The van der Waals surface area contributed by atoms with E-state index < -0.39 is 30.1 Å². The highest BCUT2D eigenvalue weighted by atomic mass is 16.7. The maximum absolute atomic E-state index is 14.5. The van der Waals surface area contributed by atoms with Crippen LogP contribution in [0.4, 0.5) is 0 Å². The van der Waals surface area contributed by atoms with Crippen molar-refractivity contribution in [3.8, 4) is 0 Å². The molecular weight excluding hydrogens is 723 g/mol. The van der Waals surface area contributed by atoms with Crippen LogP contribution in [0.1, 0.15) is 117 Å². The SMILES string of the molecule is CCCC[C@H](NC(Cc1ccccc1)C(=O)N1CCC(OCOC)CC1)C(=O)NC(CC1CCCCC1)C(O)CC(C(=O)NCC(C)(C)N1CCOCC1)C(C)C. The van der Waals surface area contributed by atoms with Crippen LogP contribution < -0.4 is 16.0 Å². The fraction of sp³-hybridized carbons (Fsp3) is 0.800. The van der Waals surface area contributed by atoms with E-state index in [4.69, 9.17) is 14.2 Å². The Balaban J connectivity index is 1.49. The maximum Gasteiger partial charge on any atom is 0.240 e. The number of nitrogens with one attached hydrogen (secondary N) is 3. The highest BCUT2D eigenvalue weighted by Gasteiger charge is 2.37. The molecule has 12 nitrogen and oxygen atoms in total. The molecule has 1 aromatic rings. The monoisotopic (exact) mass is 800 g/mol. The van der Waals surface area contributed by atoms with Crippen molar-refractivity contribution in [3.63, 3.8) is 0 Å². The first kappa shape index (κ1) is 47.1. The molecule has 1 aliphatic carbocycles. The maximum atomic E-state index is 14.5. The number of morpholine rings is 1. The van der Waals surface area contributed by atoms with Crippen LogP contribution in [0.5, 0.6) is 0 Å². The van der Waals surface area contributed by atoms with E-state index in [2.05, 4.69) is 41.6 Å². The summed E-state index contributed by atoms with van der Waals surface area (Å²) in [6, 6.07) is 8.22. The predicted molar refractivity (Wildman–Crippen MR) is 225 cm³/mol. The number of amides is 3. The average Bonchev–Trinajstić information content (AvgIpc) is 3.22. The molecule has 3 aliphatic rings. The summed E-state index contributed by atoms with van der Waals surface area (Å²) in [6.07, 6.45) is 9.91. The van der Waals surface area contributed by atoms with E-state index in [1.54, 1.807) is 7.11 Å². The van der Waals surface area contributed by atoms with Gasteiger partial charge in [0.15, 0.2) is 0 Å².